The summed E-state index contributed by atoms with van der Waals surface area (Å²) >= 11 is 0. The Bertz CT molecular complexity index is 859. The van der Waals surface area contributed by atoms with Gasteiger partial charge in [-0.1, -0.05) is 31.6 Å². The molecule has 0 aliphatic carbocycles. The molecule has 2 aromatic rings. The molecule has 4 rings (SSSR count). The van der Waals surface area contributed by atoms with Crippen LogP contribution in [0.5, 0.6) is 17.2 Å². The summed E-state index contributed by atoms with van der Waals surface area (Å²) in [6, 6.07) is 12.2. The summed E-state index contributed by atoms with van der Waals surface area (Å²) in [6.07, 6.45) is 6.45. The maximum absolute atomic E-state index is 5.59. The Morgan fingerprint density at radius 1 is 1.11 bits per heavy atom. The lowest BCUT2D eigenvalue weighted by atomic mass is 9.86. The quantitative estimate of drug-likeness (QED) is 0.706. The van der Waals surface area contributed by atoms with Gasteiger partial charge >= 0.3 is 0 Å². The minimum Gasteiger partial charge on any atom is -0.497 e. The van der Waals surface area contributed by atoms with Crippen LogP contribution >= 0.6 is 12.4 Å². The Kier molecular flexibility index (Phi) is 6.07. The van der Waals surface area contributed by atoms with Crippen molar-refractivity contribution in [1.82, 2.24) is 0 Å². The van der Waals surface area contributed by atoms with Crippen molar-refractivity contribution in [3.63, 3.8) is 0 Å². The van der Waals surface area contributed by atoms with Crippen LogP contribution in [-0.2, 0) is 0 Å². The molecule has 2 aromatic carbocycles. The van der Waals surface area contributed by atoms with Crippen molar-refractivity contribution in [3.05, 3.63) is 59.2 Å². The molecule has 1 atom stereocenters. The van der Waals surface area contributed by atoms with E-state index in [-0.39, 0.29) is 12.4 Å². The van der Waals surface area contributed by atoms with Crippen LogP contribution in [0.3, 0.4) is 0 Å². The summed E-state index contributed by atoms with van der Waals surface area (Å²) in [6.45, 7) is 3.34. The van der Waals surface area contributed by atoms with Crippen molar-refractivity contribution >= 4 is 24.2 Å². The lowest BCUT2D eigenvalue weighted by Gasteiger charge is -2.24. The van der Waals surface area contributed by atoms with Crippen LogP contribution in [0, 0.1) is 0 Å². The normalized spacial score (nSPS) is 17.3. The Morgan fingerprint density at radius 2 is 1.85 bits per heavy atom. The highest BCUT2D eigenvalue weighted by atomic mass is 35.5. The van der Waals surface area contributed by atoms with Crippen molar-refractivity contribution in [2.75, 3.05) is 20.4 Å². The lowest BCUT2D eigenvalue weighted by molar-refractivity contribution is 0.174. The number of fused-ring (bicyclic) bond motifs is 2. The van der Waals surface area contributed by atoms with Gasteiger partial charge in [-0.15, -0.1) is 12.4 Å². The first-order valence-corrected chi connectivity index (χ1v) is 9.09. The maximum atomic E-state index is 5.59. The van der Waals surface area contributed by atoms with Crippen LogP contribution < -0.4 is 14.2 Å². The van der Waals surface area contributed by atoms with Gasteiger partial charge in [-0.3, -0.25) is 4.99 Å². The van der Waals surface area contributed by atoms with Crippen LogP contribution in [0.4, 0.5) is 0 Å². The third-order valence-corrected chi connectivity index (χ3v) is 4.93. The fourth-order valence-electron chi connectivity index (χ4n) is 3.54. The van der Waals surface area contributed by atoms with Crippen LogP contribution in [0.25, 0.3) is 6.08 Å². The topological polar surface area (TPSA) is 40.0 Å². The number of benzene rings is 2. The number of methoxy groups -OCH3 is 1. The van der Waals surface area contributed by atoms with E-state index in [1.807, 2.05) is 24.3 Å². The summed E-state index contributed by atoms with van der Waals surface area (Å²) in [7, 11) is 1.68. The van der Waals surface area contributed by atoms with E-state index < -0.39 is 0 Å². The van der Waals surface area contributed by atoms with E-state index in [2.05, 4.69) is 31.2 Å². The molecule has 2 aliphatic heterocycles. The minimum absolute atomic E-state index is 0. The zero-order valence-electron chi connectivity index (χ0n) is 15.6. The molecular formula is C22H24ClNO3. The van der Waals surface area contributed by atoms with Crippen molar-refractivity contribution < 1.29 is 14.2 Å². The van der Waals surface area contributed by atoms with Crippen molar-refractivity contribution in [2.45, 2.75) is 25.7 Å². The van der Waals surface area contributed by atoms with E-state index in [0.717, 1.165) is 53.5 Å². The first-order chi connectivity index (χ1) is 12.8. The molecular weight excluding hydrogens is 362 g/mol. The fourth-order valence-corrected chi connectivity index (χ4v) is 3.54. The molecule has 0 radical (unpaired) electrons. The number of hydrogen-bond donors (Lipinski definition) is 0. The van der Waals surface area contributed by atoms with Gasteiger partial charge in [0.1, 0.15) is 5.75 Å². The van der Waals surface area contributed by atoms with Gasteiger partial charge in [0.15, 0.2) is 11.5 Å². The standard InChI is InChI=1S/C22H23NO3.ClH/c1-3-4-16-13-23-20(10-7-15-5-8-17(24-2)9-6-15)19-12-22-21(11-18(16)19)25-14-26-22;/h5-12,16H,3-4,13-14H2,1-2H3;1H. The SMILES string of the molecule is CCCC1CN=C(C=Cc2ccc(OC)cc2)c2cc3c(cc21)OCO3.Cl. The third kappa shape index (κ3) is 3.96. The molecule has 4 nitrogen and oxygen atoms in total. The second-order valence-corrected chi connectivity index (χ2v) is 6.61. The number of nitrogens with zero attached hydrogens (tertiary/aromatic N) is 1. The van der Waals surface area contributed by atoms with E-state index >= 15 is 0 Å². The van der Waals surface area contributed by atoms with Gasteiger partial charge in [0.2, 0.25) is 6.79 Å². The van der Waals surface area contributed by atoms with Crippen LogP contribution in [0.2, 0.25) is 0 Å². The Balaban J connectivity index is 0.00000210. The van der Waals surface area contributed by atoms with Crippen molar-refractivity contribution in [3.8, 4) is 17.2 Å². The van der Waals surface area contributed by atoms with Crippen LogP contribution in [-0.4, -0.2) is 26.2 Å². The Morgan fingerprint density at radius 3 is 2.56 bits per heavy atom. The Hall–Kier alpha value is -2.46. The largest absolute Gasteiger partial charge is 0.497 e. The van der Waals surface area contributed by atoms with E-state index in [0.29, 0.717) is 12.7 Å². The van der Waals surface area contributed by atoms with Crippen LogP contribution in [0.15, 0.2) is 47.5 Å². The lowest BCUT2D eigenvalue weighted by Crippen LogP contribution is -2.16. The molecule has 0 spiro atoms. The van der Waals surface area contributed by atoms with E-state index in [4.69, 9.17) is 19.2 Å². The summed E-state index contributed by atoms with van der Waals surface area (Å²) in [5.41, 5.74) is 4.59. The van der Waals surface area contributed by atoms with Gasteiger partial charge in [0.25, 0.3) is 0 Å². The number of allylic oxidation sites excluding steroid dienone is 1. The predicted molar refractivity (Wildman–Crippen MR) is 111 cm³/mol. The van der Waals surface area contributed by atoms with E-state index in [9.17, 15) is 0 Å². The third-order valence-electron chi connectivity index (χ3n) is 4.93. The van der Waals surface area contributed by atoms with Gasteiger partial charge < -0.3 is 14.2 Å². The zero-order valence-corrected chi connectivity index (χ0v) is 16.4. The molecule has 0 saturated carbocycles. The monoisotopic (exact) mass is 385 g/mol. The summed E-state index contributed by atoms with van der Waals surface area (Å²) in [5.74, 6) is 2.97. The highest BCUT2D eigenvalue weighted by Crippen LogP contribution is 2.40. The van der Waals surface area contributed by atoms with Crippen molar-refractivity contribution in [2.24, 2.45) is 4.99 Å². The molecule has 0 fully saturated rings. The molecule has 0 N–H and O–H groups in total. The van der Waals surface area contributed by atoms with Gasteiger partial charge in [-0.25, -0.2) is 0 Å². The fraction of sp³-hybridized carbons (Fsp3) is 0.318. The molecule has 1 unspecified atom stereocenters. The first-order valence-electron chi connectivity index (χ1n) is 9.09. The average molecular weight is 386 g/mol. The number of aliphatic imine (C=N–C) groups is 1. The van der Waals surface area contributed by atoms with Gasteiger partial charge in [-0.05, 0) is 47.9 Å². The van der Waals surface area contributed by atoms with Gasteiger partial charge in [0, 0.05) is 18.0 Å². The molecule has 27 heavy (non-hydrogen) atoms. The molecule has 0 amide bonds. The Labute approximate surface area is 166 Å². The summed E-state index contributed by atoms with van der Waals surface area (Å²) in [5, 5.41) is 0. The molecule has 2 aliphatic rings. The number of halogens is 1. The number of hydrogen-bond acceptors (Lipinski definition) is 4. The maximum Gasteiger partial charge on any atom is 0.231 e. The summed E-state index contributed by atoms with van der Waals surface area (Å²) < 4.78 is 16.4. The number of ether oxygens (including phenoxy) is 3. The molecule has 2 heterocycles. The second-order valence-electron chi connectivity index (χ2n) is 6.61. The second kappa shape index (κ2) is 8.49. The van der Waals surface area contributed by atoms with E-state index in [1.54, 1.807) is 7.11 Å². The van der Waals surface area contributed by atoms with Crippen molar-refractivity contribution in [1.29, 1.82) is 0 Å². The summed E-state index contributed by atoms with van der Waals surface area (Å²) in [4.78, 5) is 4.85. The zero-order chi connectivity index (χ0) is 17.9. The predicted octanol–water partition coefficient (Wildman–Crippen LogP) is 5.25. The molecule has 0 bridgehead atoms. The van der Waals surface area contributed by atoms with Gasteiger partial charge in [-0.2, -0.15) is 0 Å². The van der Waals surface area contributed by atoms with E-state index in [1.165, 1.54) is 5.56 Å². The number of rotatable bonds is 5. The molecule has 142 valence electrons. The smallest absolute Gasteiger partial charge is 0.231 e. The van der Waals surface area contributed by atoms with Gasteiger partial charge in [0.05, 0.1) is 12.8 Å². The molecule has 0 aromatic heterocycles. The highest BCUT2D eigenvalue weighted by molar-refractivity contribution is 6.12. The highest BCUT2D eigenvalue weighted by Gasteiger charge is 2.26. The first kappa shape index (κ1) is 19.3. The molecule has 5 heteroatoms. The minimum atomic E-state index is 0. The molecule has 0 saturated heterocycles. The van der Waals surface area contributed by atoms with Crippen LogP contribution in [0.1, 0.15) is 42.4 Å². The average Bonchev–Trinajstić information content (AvgIpc) is 3.14.